The van der Waals surface area contributed by atoms with Gasteiger partial charge >= 0.3 is 0 Å². The molecule has 2 unspecified atom stereocenters. The molecule has 0 spiro atoms. The minimum Gasteiger partial charge on any atom is -0.341 e. The van der Waals surface area contributed by atoms with Crippen molar-refractivity contribution in [1.29, 1.82) is 0 Å². The van der Waals surface area contributed by atoms with Crippen molar-refractivity contribution in [1.82, 2.24) is 9.80 Å². The first-order valence-electron chi connectivity index (χ1n) is 8.15. The molecule has 2 saturated heterocycles. The summed E-state index contributed by atoms with van der Waals surface area (Å²) in [6, 6.07) is -0.0955. The molecule has 0 saturated carbocycles. The number of likely N-dealkylation sites (tertiary alicyclic amines) is 1. The van der Waals surface area contributed by atoms with E-state index in [2.05, 4.69) is 0 Å². The van der Waals surface area contributed by atoms with Crippen LogP contribution in [0.4, 0.5) is 0 Å². The highest BCUT2D eigenvalue weighted by Gasteiger charge is 2.41. The predicted octanol–water partition coefficient (Wildman–Crippen LogP) is 1.94. The number of thioether (sulfide) groups is 1. The zero-order chi connectivity index (χ0) is 16.5. The first-order chi connectivity index (χ1) is 10.2. The predicted molar refractivity (Wildman–Crippen MR) is 97.6 cm³/mol. The number of halogens is 1. The highest BCUT2D eigenvalue weighted by molar-refractivity contribution is 7.99. The van der Waals surface area contributed by atoms with Crippen molar-refractivity contribution < 1.29 is 9.59 Å². The van der Waals surface area contributed by atoms with Crippen LogP contribution in [0.1, 0.15) is 40.5 Å². The van der Waals surface area contributed by atoms with E-state index in [1.807, 2.05) is 32.6 Å². The zero-order valence-corrected chi connectivity index (χ0v) is 16.2. The molecular formula is C16H30ClN3O2S. The van der Waals surface area contributed by atoms with Crippen LogP contribution in [-0.2, 0) is 9.59 Å². The lowest BCUT2D eigenvalue weighted by atomic mass is 9.90. The third kappa shape index (κ3) is 4.77. The summed E-state index contributed by atoms with van der Waals surface area (Å²) in [6.45, 7) is 9.31. The van der Waals surface area contributed by atoms with Crippen LogP contribution < -0.4 is 5.73 Å². The van der Waals surface area contributed by atoms with Gasteiger partial charge in [-0.05, 0) is 25.7 Å². The van der Waals surface area contributed by atoms with E-state index in [4.69, 9.17) is 5.73 Å². The molecule has 0 aromatic rings. The molecule has 2 atom stereocenters. The maximum Gasteiger partial charge on any atom is 0.246 e. The second-order valence-electron chi connectivity index (χ2n) is 7.56. The van der Waals surface area contributed by atoms with E-state index in [0.29, 0.717) is 17.5 Å². The topological polar surface area (TPSA) is 66.6 Å². The third-order valence-corrected chi connectivity index (χ3v) is 5.68. The van der Waals surface area contributed by atoms with E-state index in [1.165, 1.54) is 0 Å². The van der Waals surface area contributed by atoms with Gasteiger partial charge in [0.25, 0.3) is 0 Å². The molecule has 2 fully saturated rings. The lowest BCUT2D eigenvalue weighted by molar-refractivity contribution is -0.148. The lowest BCUT2D eigenvalue weighted by Gasteiger charge is -2.37. The normalized spacial score (nSPS) is 24.3. The van der Waals surface area contributed by atoms with E-state index >= 15 is 0 Å². The highest BCUT2D eigenvalue weighted by Crippen LogP contribution is 2.29. The summed E-state index contributed by atoms with van der Waals surface area (Å²) in [7, 11) is 0. The fourth-order valence-corrected chi connectivity index (χ4v) is 4.28. The summed E-state index contributed by atoms with van der Waals surface area (Å²) in [5, 5.41) is 0. The van der Waals surface area contributed by atoms with Gasteiger partial charge in [-0.25, -0.2) is 0 Å². The minimum atomic E-state index is -0.439. The molecule has 23 heavy (non-hydrogen) atoms. The fraction of sp³-hybridized carbons (Fsp3) is 0.875. The van der Waals surface area contributed by atoms with Crippen molar-refractivity contribution in [3.8, 4) is 0 Å². The molecule has 0 aromatic heterocycles. The van der Waals surface area contributed by atoms with E-state index < -0.39 is 5.41 Å². The minimum absolute atomic E-state index is 0. The van der Waals surface area contributed by atoms with Crippen LogP contribution >= 0.6 is 24.2 Å². The summed E-state index contributed by atoms with van der Waals surface area (Å²) in [6.07, 6.45) is 1.94. The Labute approximate surface area is 150 Å². The van der Waals surface area contributed by atoms with Crippen molar-refractivity contribution >= 4 is 36.0 Å². The van der Waals surface area contributed by atoms with Crippen LogP contribution in [0.15, 0.2) is 0 Å². The standard InChI is InChI=1S/C16H29N3O2S.ClH/c1-11(17)12-5-7-18(8-6-12)14(20)13-9-22-10-19(13)15(21)16(2,3)4;/h11-13H,5-10,17H2,1-4H3;1H. The van der Waals surface area contributed by atoms with Gasteiger partial charge in [-0.3, -0.25) is 9.59 Å². The molecule has 2 aliphatic heterocycles. The number of piperidine rings is 1. The Hall–Kier alpha value is -0.460. The van der Waals surface area contributed by atoms with Gasteiger partial charge in [0, 0.05) is 30.3 Å². The summed E-state index contributed by atoms with van der Waals surface area (Å²) < 4.78 is 0. The van der Waals surface area contributed by atoms with E-state index in [9.17, 15) is 9.59 Å². The van der Waals surface area contributed by atoms with Gasteiger partial charge in [-0.2, -0.15) is 0 Å². The number of nitrogens with two attached hydrogens (primary N) is 1. The first kappa shape index (κ1) is 20.6. The fourth-order valence-electron chi connectivity index (χ4n) is 3.13. The van der Waals surface area contributed by atoms with Crippen molar-refractivity contribution in [2.75, 3.05) is 24.7 Å². The van der Waals surface area contributed by atoms with Crippen LogP contribution in [0.25, 0.3) is 0 Å². The number of hydrogen-bond acceptors (Lipinski definition) is 4. The van der Waals surface area contributed by atoms with Gasteiger partial charge in [0.1, 0.15) is 6.04 Å². The second kappa shape index (κ2) is 8.08. The van der Waals surface area contributed by atoms with Crippen molar-refractivity contribution in [3.63, 3.8) is 0 Å². The Kier molecular flexibility index (Phi) is 7.23. The summed E-state index contributed by atoms with van der Waals surface area (Å²) in [5.41, 5.74) is 5.52. The van der Waals surface area contributed by atoms with Gasteiger partial charge in [-0.15, -0.1) is 24.2 Å². The molecule has 2 N–H and O–H groups in total. The summed E-state index contributed by atoms with van der Waals surface area (Å²) in [4.78, 5) is 29.0. The number of carbonyl (C=O) groups is 2. The van der Waals surface area contributed by atoms with Crippen LogP contribution in [-0.4, -0.2) is 58.4 Å². The first-order valence-corrected chi connectivity index (χ1v) is 9.30. The van der Waals surface area contributed by atoms with E-state index in [1.54, 1.807) is 16.7 Å². The largest absolute Gasteiger partial charge is 0.341 e. The lowest BCUT2D eigenvalue weighted by Crippen LogP contribution is -2.53. The number of nitrogens with zero attached hydrogens (tertiary/aromatic N) is 2. The van der Waals surface area contributed by atoms with Crippen LogP contribution in [0.2, 0.25) is 0 Å². The van der Waals surface area contributed by atoms with Crippen LogP contribution in [0.3, 0.4) is 0 Å². The van der Waals surface area contributed by atoms with Gasteiger partial charge < -0.3 is 15.5 Å². The quantitative estimate of drug-likeness (QED) is 0.814. The summed E-state index contributed by atoms with van der Waals surface area (Å²) in [5.74, 6) is 2.04. The maximum absolute atomic E-state index is 12.8. The molecule has 134 valence electrons. The molecule has 0 bridgehead atoms. The number of hydrogen-bond donors (Lipinski definition) is 1. The Morgan fingerprint density at radius 3 is 2.26 bits per heavy atom. The van der Waals surface area contributed by atoms with Gasteiger partial charge in [0.05, 0.1) is 5.88 Å². The molecule has 7 heteroatoms. The number of rotatable bonds is 2. The SMILES string of the molecule is CC(N)C1CCN(C(=O)C2CSCN2C(=O)C(C)(C)C)CC1.Cl. The second-order valence-corrected chi connectivity index (χ2v) is 8.56. The van der Waals surface area contributed by atoms with Gasteiger partial charge in [-0.1, -0.05) is 20.8 Å². The molecule has 2 amide bonds. The van der Waals surface area contributed by atoms with Crippen LogP contribution in [0.5, 0.6) is 0 Å². The zero-order valence-electron chi connectivity index (χ0n) is 14.6. The van der Waals surface area contributed by atoms with Crippen molar-refractivity contribution in [2.24, 2.45) is 17.1 Å². The van der Waals surface area contributed by atoms with Gasteiger partial charge in [0.2, 0.25) is 11.8 Å². The molecule has 0 aliphatic carbocycles. The number of amides is 2. The molecule has 2 rings (SSSR count). The van der Waals surface area contributed by atoms with Crippen molar-refractivity contribution in [3.05, 3.63) is 0 Å². The Bertz CT molecular complexity index is 432. The van der Waals surface area contributed by atoms with Crippen molar-refractivity contribution in [2.45, 2.75) is 52.6 Å². The molecule has 0 aromatic carbocycles. The maximum atomic E-state index is 12.8. The van der Waals surface area contributed by atoms with E-state index in [-0.39, 0.29) is 36.3 Å². The Morgan fingerprint density at radius 1 is 1.22 bits per heavy atom. The monoisotopic (exact) mass is 363 g/mol. The number of carbonyl (C=O) groups excluding carboxylic acids is 2. The average Bonchev–Trinajstić information content (AvgIpc) is 2.93. The molecule has 2 heterocycles. The average molecular weight is 364 g/mol. The van der Waals surface area contributed by atoms with Gasteiger partial charge in [0.15, 0.2) is 0 Å². The third-order valence-electron chi connectivity index (χ3n) is 4.66. The highest BCUT2D eigenvalue weighted by atomic mass is 35.5. The molecular weight excluding hydrogens is 334 g/mol. The summed E-state index contributed by atoms with van der Waals surface area (Å²) >= 11 is 1.67. The molecule has 0 radical (unpaired) electrons. The molecule has 5 nitrogen and oxygen atoms in total. The Balaban J connectivity index is 0.00000264. The molecule has 2 aliphatic rings. The Morgan fingerprint density at radius 2 is 1.78 bits per heavy atom. The van der Waals surface area contributed by atoms with E-state index in [0.717, 1.165) is 25.9 Å². The van der Waals surface area contributed by atoms with Crippen LogP contribution in [0, 0.1) is 11.3 Å². The smallest absolute Gasteiger partial charge is 0.246 e.